The van der Waals surface area contributed by atoms with Crippen LogP contribution < -0.4 is 0 Å². The van der Waals surface area contributed by atoms with Crippen molar-refractivity contribution in [2.75, 3.05) is 0 Å². The van der Waals surface area contributed by atoms with Gasteiger partial charge in [-0.05, 0) is 82.5 Å². The van der Waals surface area contributed by atoms with Crippen molar-refractivity contribution >= 4 is 43.1 Å². The minimum Gasteiger partial charge on any atom is -0.0622 e. The van der Waals surface area contributed by atoms with Gasteiger partial charge in [0.05, 0.1) is 26.0 Å². The fraction of sp³-hybridized carbons (Fsp3) is 0. The molecule has 8 rings (SSSR count). The molecule has 186 valence electrons. The lowest BCUT2D eigenvalue weighted by molar-refractivity contribution is 1.65. The third-order valence-electron chi connectivity index (χ3n) is 6.88. The van der Waals surface area contributed by atoms with Crippen LogP contribution >= 0.6 is 0 Å². The van der Waals surface area contributed by atoms with Gasteiger partial charge < -0.3 is 0 Å². The smallest absolute Gasteiger partial charge is 0.0622 e. The van der Waals surface area contributed by atoms with Gasteiger partial charge in [-0.15, -0.1) is 0 Å². The zero-order valence-electron chi connectivity index (χ0n) is 39.5. The van der Waals surface area contributed by atoms with Gasteiger partial charge >= 0.3 is 0 Å². The van der Waals surface area contributed by atoms with E-state index in [1.54, 1.807) is 36.4 Å². The first-order valence-electron chi connectivity index (χ1n) is 21.8. The van der Waals surface area contributed by atoms with Crippen LogP contribution in [0.1, 0.15) is 26.0 Å². The Labute approximate surface area is 260 Å². The van der Waals surface area contributed by atoms with E-state index in [9.17, 15) is 6.85 Å². The van der Waals surface area contributed by atoms with Gasteiger partial charge in [0.1, 0.15) is 0 Å². The first-order chi connectivity index (χ1) is 27.8. The van der Waals surface area contributed by atoms with Crippen molar-refractivity contribution in [1.29, 1.82) is 0 Å². The molecule has 0 saturated carbocycles. The normalized spacial score (nSPS) is 18.1. The van der Waals surface area contributed by atoms with E-state index in [2.05, 4.69) is 0 Å². The molecule has 0 heteroatoms. The molecule has 0 aromatic heterocycles. The number of benzene rings is 8. The Kier molecular flexibility index (Phi) is 2.48. The van der Waals surface area contributed by atoms with Crippen molar-refractivity contribution in [3.05, 3.63) is 157 Å². The van der Waals surface area contributed by atoms with Crippen LogP contribution in [0, 0.1) is 0 Å². The fourth-order valence-electron chi connectivity index (χ4n) is 5.22. The van der Waals surface area contributed by atoms with Crippen LogP contribution in [0.25, 0.3) is 76.5 Å². The van der Waals surface area contributed by atoms with Crippen molar-refractivity contribution in [3.63, 3.8) is 0 Å². The second kappa shape index (κ2) is 9.22. The number of hydrogen-bond donors (Lipinski definition) is 0. The van der Waals surface area contributed by atoms with Crippen LogP contribution in [0.3, 0.4) is 0 Å². The molecule has 0 bridgehead atoms. The monoisotopic (exact) mass is 525 g/mol. The zero-order chi connectivity index (χ0) is 43.0. The maximum absolute atomic E-state index is 9.29. The standard InChI is InChI=1S/C40H26/c1-2-13-28(14-3-1)39-35-16-6-8-18-37(35)40(38-19-9-7-17-36(38)39)34-23-11-21-32-31(20-10-22-33(32)34)30-25-24-27-12-4-5-15-29(27)26-30/h1-26H/i1D,2D,4D,5D,6D,7D,8D,9D,12D,13D,14D,15D,16D,17D,18D,19D,24D,25D,26D. The summed E-state index contributed by atoms with van der Waals surface area (Å²) in [5, 5.41) is -1.03. The van der Waals surface area contributed by atoms with Crippen LogP contribution in [0.5, 0.6) is 0 Å². The average Bonchev–Trinajstić information content (AvgIpc) is 3.21. The van der Waals surface area contributed by atoms with Crippen molar-refractivity contribution in [3.8, 4) is 33.4 Å². The summed E-state index contributed by atoms with van der Waals surface area (Å²) in [7, 11) is 0. The Morgan fingerprint density at radius 3 is 1.65 bits per heavy atom. The lowest BCUT2D eigenvalue weighted by Crippen LogP contribution is -1.92. The van der Waals surface area contributed by atoms with E-state index in [0.29, 0.717) is 10.8 Å². The summed E-state index contributed by atoms with van der Waals surface area (Å²) in [4.78, 5) is 0. The maximum Gasteiger partial charge on any atom is 0.0636 e. The highest BCUT2D eigenvalue weighted by molar-refractivity contribution is 6.24. The molecular weight excluding hydrogens is 480 g/mol. The third-order valence-corrected chi connectivity index (χ3v) is 6.88. The summed E-state index contributed by atoms with van der Waals surface area (Å²) < 4.78 is 167. The van der Waals surface area contributed by atoms with Crippen LogP contribution in [-0.2, 0) is 0 Å². The summed E-state index contributed by atoms with van der Waals surface area (Å²) in [6, 6.07) is -1.10. The molecule has 0 amide bonds. The maximum atomic E-state index is 9.29. The summed E-state index contributed by atoms with van der Waals surface area (Å²) in [6.45, 7) is 0. The molecule has 0 aliphatic heterocycles. The van der Waals surface area contributed by atoms with E-state index in [1.165, 1.54) is 0 Å². The summed E-state index contributed by atoms with van der Waals surface area (Å²) >= 11 is 0. The molecule has 0 unspecified atom stereocenters. The molecule has 8 aromatic rings. The molecule has 0 aliphatic rings. The van der Waals surface area contributed by atoms with Crippen molar-refractivity contribution in [2.24, 2.45) is 0 Å². The van der Waals surface area contributed by atoms with E-state index in [-0.39, 0.29) is 65.7 Å². The predicted molar refractivity (Wildman–Crippen MR) is 173 cm³/mol. The minimum absolute atomic E-state index is 0.0761. The molecule has 0 radical (unpaired) electrons. The molecule has 0 atom stereocenters. The Morgan fingerprint density at radius 1 is 0.350 bits per heavy atom. The average molecular weight is 526 g/mol. The third kappa shape index (κ3) is 3.54. The molecule has 0 nitrogen and oxygen atoms in total. The minimum atomic E-state index is -0.720. The Balaban J connectivity index is 1.63. The SMILES string of the molecule is [2H]c1cc([2H])c(-c2c3c([2H])c([2H])c([2H])c([2H])c3c(-c3cccc4c(-c5c([2H])c([2H])c6c([2H])c([2H])c([2H])c([2H])c6c5[2H])cccc34)c3c([2H])c([2H])c([2H])c([2H])c23)c([2H])c1[2H]. The quantitative estimate of drug-likeness (QED) is 0.201. The van der Waals surface area contributed by atoms with E-state index < -0.39 is 115 Å². The van der Waals surface area contributed by atoms with Gasteiger partial charge in [0.2, 0.25) is 0 Å². The van der Waals surface area contributed by atoms with E-state index in [4.69, 9.17) is 19.2 Å². The highest BCUT2D eigenvalue weighted by Crippen LogP contribution is 2.46. The summed E-state index contributed by atoms with van der Waals surface area (Å²) in [6.07, 6.45) is 0. The van der Waals surface area contributed by atoms with E-state index in [0.717, 1.165) is 6.07 Å². The summed E-state index contributed by atoms with van der Waals surface area (Å²) in [5.74, 6) is 0. The van der Waals surface area contributed by atoms with Crippen LogP contribution in [-0.4, -0.2) is 0 Å². The highest BCUT2D eigenvalue weighted by atomic mass is 14.2. The molecule has 0 spiro atoms. The van der Waals surface area contributed by atoms with Gasteiger partial charge in [-0.3, -0.25) is 0 Å². The predicted octanol–water partition coefficient (Wildman–Crippen LogP) is 11.3. The molecule has 0 N–H and O–H groups in total. The fourth-order valence-corrected chi connectivity index (χ4v) is 5.22. The second-order valence-electron chi connectivity index (χ2n) is 9.01. The van der Waals surface area contributed by atoms with E-state index >= 15 is 0 Å². The molecular formula is C40H26. The number of fused-ring (bicyclic) bond motifs is 4. The first kappa shape index (κ1) is 10.8. The van der Waals surface area contributed by atoms with Gasteiger partial charge in [-0.1, -0.05) is 151 Å². The van der Waals surface area contributed by atoms with Crippen LogP contribution in [0.15, 0.2) is 157 Å². The topological polar surface area (TPSA) is 0 Å². The van der Waals surface area contributed by atoms with Crippen LogP contribution in [0.4, 0.5) is 0 Å². The Hall–Kier alpha value is -5.20. The number of hydrogen-bond acceptors (Lipinski definition) is 0. The highest BCUT2D eigenvalue weighted by Gasteiger charge is 2.18. The van der Waals surface area contributed by atoms with E-state index in [1.807, 2.05) is 0 Å². The lowest BCUT2D eigenvalue weighted by atomic mass is 9.84. The van der Waals surface area contributed by atoms with Gasteiger partial charge in [0.25, 0.3) is 0 Å². The van der Waals surface area contributed by atoms with Crippen LogP contribution in [0.2, 0.25) is 0 Å². The van der Waals surface area contributed by atoms with Gasteiger partial charge in [-0.2, -0.15) is 0 Å². The van der Waals surface area contributed by atoms with Gasteiger partial charge in [0, 0.05) is 0 Å². The van der Waals surface area contributed by atoms with Crippen molar-refractivity contribution < 1.29 is 26.0 Å². The van der Waals surface area contributed by atoms with Gasteiger partial charge in [0.15, 0.2) is 0 Å². The molecule has 40 heavy (non-hydrogen) atoms. The Morgan fingerprint density at radius 2 is 0.925 bits per heavy atom. The largest absolute Gasteiger partial charge is 0.0636 e. The summed E-state index contributed by atoms with van der Waals surface area (Å²) in [5.41, 5.74) is -0.551. The molecule has 8 aromatic carbocycles. The Bertz CT molecular complexity index is 3180. The van der Waals surface area contributed by atoms with Crippen molar-refractivity contribution in [1.82, 2.24) is 0 Å². The lowest BCUT2D eigenvalue weighted by Gasteiger charge is -2.19. The zero-order valence-corrected chi connectivity index (χ0v) is 20.5. The van der Waals surface area contributed by atoms with Gasteiger partial charge in [-0.25, -0.2) is 0 Å². The molecule has 0 heterocycles. The first-order valence-corrected chi connectivity index (χ1v) is 12.3. The number of rotatable bonds is 3. The second-order valence-corrected chi connectivity index (χ2v) is 9.01. The molecule has 0 saturated heterocycles. The molecule has 0 aliphatic carbocycles. The molecule has 0 fully saturated rings. The van der Waals surface area contributed by atoms with Crippen molar-refractivity contribution in [2.45, 2.75) is 0 Å².